The Morgan fingerprint density at radius 2 is 1.82 bits per heavy atom. The van der Waals surface area contributed by atoms with Crippen LogP contribution in [0.25, 0.3) is 0 Å². The maximum Gasteiger partial charge on any atom is 0.242 e. The molecule has 0 saturated heterocycles. The summed E-state index contributed by atoms with van der Waals surface area (Å²) >= 11 is 6.15. The summed E-state index contributed by atoms with van der Waals surface area (Å²) in [5.41, 5.74) is 1.66. The third kappa shape index (κ3) is 6.54. The summed E-state index contributed by atoms with van der Waals surface area (Å²) in [5.74, 6) is -0.772. The molecule has 1 atom stereocenters. The molecular weight excluding hydrogens is 467 g/mol. The number of carbonyl (C=O) groups excluding carboxylic acids is 1. The van der Waals surface area contributed by atoms with Crippen molar-refractivity contribution in [2.75, 3.05) is 11.9 Å². The number of aryl methyl sites for hydroxylation is 1. The Kier molecular flexibility index (Phi) is 8.07. The lowest BCUT2D eigenvalue weighted by Crippen LogP contribution is -2.45. The number of nitrogens with one attached hydrogen (secondary N) is 2. The minimum atomic E-state index is -4.11. The van der Waals surface area contributed by atoms with E-state index in [4.69, 9.17) is 16.3 Å². The summed E-state index contributed by atoms with van der Waals surface area (Å²) in [6, 6.07) is 15.9. The molecule has 33 heavy (non-hydrogen) atoms. The zero-order valence-electron chi connectivity index (χ0n) is 18.1. The molecule has 3 aromatic rings. The lowest BCUT2D eigenvalue weighted by Gasteiger charge is -2.20. The lowest BCUT2D eigenvalue weighted by molar-refractivity contribution is -0.117. The number of benzene rings is 3. The zero-order valence-corrected chi connectivity index (χ0v) is 19.7. The smallest absolute Gasteiger partial charge is 0.242 e. The first-order valence-electron chi connectivity index (χ1n) is 10.2. The molecule has 174 valence electrons. The van der Waals surface area contributed by atoms with E-state index in [0.717, 1.165) is 5.56 Å². The van der Waals surface area contributed by atoms with Gasteiger partial charge in [0.05, 0.1) is 16.5 Å². The van der Waals surface area contributed by atoms with Crippen molar-refractivity contribution >= 4 is 33.2 Å². The molecule has 2 N–H and O–H groups in total. The Morgan fingerprint density at radius 1 is 1.09 bits per heavy atom. The van der Waals surface area contributed by atoms with Crippen LogP contribution in [-0.4, -0.2) is 27.0 Å². The fourth-order valence-corrected chi connectivity index (χ4v) is 4.68. The predicted octanol–water partition coefficient (Wildman–Crippen LogP) is 4.71. The minimum absolute atomic E-state index is 0.0883. The summed E-state index contributed by atoms with van der Waals surface area (Å²) in [4.78, 5) is 13.0. The Bertz CT molecular complexity index is 1240. The number of amides is 1. The highest BCUT2D eigenvalue weighted by Gasteiger charge is 2.27. The van der Waals surface area contributed by atoms with E-state index in [-0.39, 0.29) is 22.0 Å². The van der Waals surface area contributed by atoms with Crippen LogP contribution in [0.4, 0.5) is 10.1 Å². The van der Waals surface area contributed by atoms with Crippen molar-refractivity contribution in [2.45, 2.75) is 31.2 Å². The van der Waals surface area contributed by atoms with Gasteiger partial charge in [-0.2, -0.15) is 4.72 Å². The molecule has 0 spiro atoms. The first-order chi connectivity index (χ1) is 15.7. The van der Waals surface area contributed by atoms with E-state index in [0.29, 0.717) is 17.9 Å². The average molecular weight is 491 g/mol. The summed E-state index contributed by atoms with van der Waals surface area (Å²) in [6.45, 7) is 3.88. The van der Waals surface area contributed by atoms with Gasteiger partial charge >= 0.3 is 0 Å². The summed E-state index contributed by atoms with van der Waals surface area (Å²) < 4.78 is 47.6. The summed E-state index contributed by atoms with van der Waals surface area (Å²) in [5, 5.41) is 2.77. The fraction of sp³-hybridized carbons (Fsp3) is 0.208. The van der Waals surface area contributed by atoms with E-state index in [1.54, 1.807) is 38.1 Å². The van der Waals surface area contributed by atoms with Gasteiger partial charge in [-0.25, -0.2) is 12.8 Å². The fourth-order valence-electron chi connectivity index (χ4n) is 3.16. The first kappa shape index (κ1) is 24.7. The Labute approximate surface area is 197 Å². The number of anilines is 1. The number of sulfonamides is 1. The molecule has 9 heteroatoms. The maximum atomic E-state index is 13.7. The minimum Gasteiger partial charge on any atom is -0.492 e. The van der Waals surface area contributed by atoms with Crippen LogP contribution in [0.1, 0.15) is 18.1 Å². The normalized spacial score (nSPS) is 12.2. The maximum absolute atomic E-state index is 13.7. The molecule has 0 bridgehead atoms. The number of carbonyl (C=O) groups is 1. The SMILES string of the molecule is CCOc1ccc(S(=O)(=O)NC(Cc2ccccc2)C(=O)Nc2cc(F)ccc2C)cc1Cl. The molecule has 1 amide bonds. The first-order valence-corrected chi connectivity index (χ1v) is 12.1. The summed E-state index contributed by atoms with van der Waals surface area (Å²) in [7, 11) is -4.11. The van der Waals surface area contributed by atoms with E-state index in [9.17, 15) is 17.6 Å². The van der Waals surface area contributed by atoms with Gasteiger partial charge in [-0.05, 0) is 61.7 Å². The number of hydrogen-bond acceptors (Lipinski definition) is 4. The Balaban J connectivity index is 1.89. The standard InChI is InChI=1S/C24H24ClFN2O4S/c1-3-32-23-12-11-19(15-20(23)25)33(30,31)28-22(13-17-7-5-4-6-8-17)24(29)27-21-14-18(26)10-9-16(21)2/h4-12,14-15,22,28H,3,13H2,1-2H3,(H,27,29). The average Bonchev–Trinajstić information content (AvgIpc) is 2.78. The Hall–Kier alpha value is -2.94. The molecule has 0 saturated carbocycles. The highest BCUT2D eigenvalue weighted by molar-refractivity contribution is 7.89. The second kappa shape index (κ2) is 10.8. The van der Waals surface area contributed by atoms with Gasteiger partial charge < -0.3 is 10.1 Å². The molecule has 6 nitrogen and oxygen atoms in total. The Morgan fingerprint density at radius 3 is 2.48 bits per heavy atom. The number of ether oxygens (including phenoxy) is 1. The van der Waals surface area contributed by atoms with Gasteiger partial charge in [0.15, 0.2) is 0 Å². The number of hydrogen-bond donors (Lipinski definition) is 2. The number of rotatable bonds is 9. The second-order valence-electron chi connectivity index (χ2n) is 7.34. The van der Waals surface area contributed by atoms with E-state index >= 15 is 0 Å². The van der Waals surface area contributed by atoms with E-state index in [1.807, 2.05) is 6.07 Å². The summed E-state index contributed by atoms with van der Waals surface area (Å²) in [6.07, 6.45) is 0.0883. The van der Waals surface area contributed by atoms with Crippen LogP contribution in [0.15, 0.2) is 71.6 Å². The third-order valence-corrected chi connectivity index (χ3v) is 6.63. The quantitative estimate of drug-likeness (QED) is 0.454. The second-order valence-corrected chi connectivity index (χ2v) is 9.46. The van der Waals surface area contributed by atoms with Gasteiger partial charge in [0.2, 0.25) is 15.9 Å². The topological polar surface area (TPSA) is 84.5 Å². The van der Waals surface area contributed by atoms with Crippen molar-refractivity contribution < 1.29 is 22.3 Å². The molecule has 0 fully saturated rings. The van der Waals surface area contributed by atoms with Crippen molar-refractivity contribution in [2.24, 2.45) is 0 Å². The van der Waals surface area contributed by atoms with Gasteiger partial charge in [-0.15, -0.1) is 0 Å². The van der Waals surface area contributed by atoms with Crippen LogP contribution in [-0.2, 0) is 21.2 Å². The molecule has 3 aromatic carbocycles. The van der Waals surface area contributed by atoms with Crippen LogP contribution >= 0.6 is 11.6 Å². The monoisotopic (exact) mass is 490 g/mol. The predicted molar refractivity (Wildman–Crippen MR) is 127 cm³/mol. The van der Waals surface area contributed by atoms with Crippen molar-refractivity contribution in [1.82, 2.24) is 4.72 Å². The van der Waals surface area contributed by atoms with Gasteiger partial charge in [0.25, 0.3) is 0 Å². The van der Waals surface area contributed by atoms with Gasteiger partial charge in [0.1, 0.15) is 17.6 Å². The largest absolute Gasteiger partial charge is 0.492 e. The van der Waals surface area contributed by atoms with Crippen LogP contribution in [0.3, 0.4) is 0 Å². The van der Waals surface area contributed by atoms with Crippen molar-refractivity contribution in [1.29, 1.82) is 0 Å². The molecule has 0 aromatic heterocycles. The lowest BCUT2D eigenvalue weighted by atomic mass is 10.1. The molecule has 0 radical (unpaired) electrons. The van der Waals surface area contributed by atoms with E-state index < -0.39 is 27.8 Å². The molecule has 3 rings (SSSR count). The van der Waals surface area contributed by atoms with Crippen LogP contribution < -0.4 is 14.8 Å². The zero-order chi connectivity index (χ0) is 24.0. The van der Waals surface area contributed by atoms with Crippen LogP contribution in [0.2, 0.25) is 5.02 Å². The van der Waals surface area contributed by atoms with Crippen molar-refractivity contribution in [3.05, 3.63) is 88.7 Å². The molecule has 0 heterocycles. The van der Waals surface area contributed by atoms with Crippen molar-refractivity contribution in [3.63, 3.8) is 0 Å². The van der Waals surface area contributed by atoms with Gasteiger partial charge in [0, 0.05) is 5.69 Å². The molecule has 0 aliphatic rings. The van der Waals surface area contributed by atoms with Crippen LogP contribution in [0, 0.1) is 12.7 Å². The highest BCUT2D eigenvalue weighted by Crippen LogP contribution is 2.27. The van der Waals surface area contributed by atoms with Crippen molar-refractivity contribution in [3.8, 4) is 5.75 Å². The molecule has 0 aliphatic heterocycles. The highest BCUT2D eigenvalue weighted by atomic mass is 35.5. The van der Waals surface area contributed by atoms with Gasteiger partial charge in [-0.3, -0.25) is 4.79 Å². The van der Waals surface area contributed by atoms with Gasteiger partial charge in [-0.1, -0.05) is 48.0 Å². The van der Waals surface area contributed by atoms with E-state index in [2.05, 4.69) is 10.0 Å². The third-order valence-electron chi connectivity index (χ3n) is 4.87. The number of halogens is 2. The molecule has 0 aliphatic carbocycles. The van der Waals surface area contributed by atoms with E-state index in [1.165, 1.54) is 36.4 Å². The molecular formula is C24H24ClFN2O4S. The van der Waals surface area contributed by atoms with Crippen LogP contribution in [0.5, 0.6) is 5.75 Å². The molecule has 1 unspecified atom stereocenters.